The molecule has 3 rings (SSSR count). The van der Waals surface area contributed by atoms with Gasteiger partial charge in [0.1, 0.15) is 5.75 Å². The first-order valence-electron chi connectivity index (χ1n) is 8.21. The molecule has 26 heavy (non-hydrogen) atoms. The molecule has 6 heteroatoms. The highest BCUT2D eigenvalue weighted by atomic mass is 79.9. The van der Waals surface area contributed by atoms with E-state index < -0.39 is 0 Å². The third-order valence-corrected chi connectivity index (χ3v) is 5.82. The van der Waals surface area contributed by atoms with Gasteiger partial charge in [-0.05, 0) is 54.4 Å². The molecule has 0 spiro atoms. The van der Waals surface area contributed by atoms with Crippen LogP contribution < -0.4 is 9.54 Å². The van der Waals surface area contributed by atoms with Crippen molar-refractivity contribution in [3.05, 3.63) is 68.2 Å². The van der Waals surface area contributed by atoms with Gasteiger partial charge < -0.3 is 9.30 Å². The maximum absolute atomic E-state index is 12.5. The van der Waals surface area contributed by atoms with Crippen molar-refractivity contribution >= 4 is 33.2 Å². The van der Waals surface area contributed by atoms with E-state index in [-0.39, 0.29) is 5.91 Å². The Kier molecular flexibility index (Phi) is 5.74. The predicted molar refractivity (Wildman–Crippen MR) is 109 cm³/mol. The van der Waals surface area contributed by atoms with E-state index >= 15 is 0 Å². The summed E-state index contributed by atoms with van der Waals surface area (Å²) in [6, 6.07) is 15.2. The Morgan fingerprint density at radius 3 is 2.58 bits per heavy atom. The number of hydrogen-bond donors (Lipinski definition) is 0. The smallest absolute Gasteiger partial charge is 0.279 e. The van der Waals surface area contributed by atoms with Crippen LogP contribution in [0.3, 0.4) is 0 Å². The van der Waals surface area contributed by atoms with Crippen LogP contribution in [-0.2, 0) is 13.5 Å². The first-order valence-corrected chi connectivity index (χ1v) is 9.82. The van der Waals surface area contributed by atoms with Crippen LogP contribution in [-0.4, -0.2) is 17.6 Å². The molecule has 0 aliphatic rings. The molecule has 134 valence electrons. The van der Waals surface area contributed by atoms with E-state index in [1.165, 1.54) is 4.88 Å². The Hall–Kier alpha value is -2.18. The minimum Gasteiger partial charge on any atom is -0.497 e. The van der Waals surface area contributed by atoms with Gasteiger partial charge >= 0.3 is 0 Å². The maximum atomic E-state index is 12.5. The van der Waals surface area contributed by atoms with Crippen molar-refractivity contribution in [3.63, 3.8) is 0 Å². The van der Waals surface area contributed by atoms with Crippen LogP contribution in [0.2, 0.25) is 0 Å². The Labute approximate surface area is 164 Å². The largest absolute Gasteiger partial charge is 0.497 e. The molecule has 0 N–H and O–H groups in total. The number of methoxy groups -OCH3 is 1. The second kappa shape index (κ2) is 8.01. The summed E-state index contributed by atoms with van der Waals surface area (Å²) in [5.41, 5.74) is 2.73. The Balaban J connectivity index is 2.06. The van der Waals surface area contributed by atoms with E-state index in [0.717, 1.165) is 27.9 Å². The Morgan fingerprint density at radius 2 is 1.96 bits per heavy atom. The van der Waals surface area contributed by atoms with E-state index in [9.17, 15) is 4.79 Å². The fraction of sp³-hybridized carbons (Fsp3) is 0.200. The van der Waals surface area contributed by atoms with E-state index in [1.54, 1.807) is 30.6 Å². The normalized spacial score (nSPS) is 11.6. The van der Waals surface area contributed by atoms with Crippen LogP contribution in [0.4, 0.5) is 0 Å². The number of nitrogens with zero attached hydrogens (tertiary/aromatic N) is 2. The number of carbonyl (C=O) groups excluding carboxylic acids is 1. The lowest BCUT2D eigenvalue weighted by molar-refractivity contribution is 0.0998. The number of ether oxygens (including phenoxy) is 1. The third kappa shape index (κ3) is 3.81. The van der Waals surface area contributed by atoms with Gasteiger partial charge in [-0.15, -0.1) is 11.3 Å². The summed E-state index contributed by atoms with van der Waals surface area (Å²) >= 11 is 4.94. The van der Waals surface area contributed by atoms with Crippen LogP contribution in [0.25, 0.3) is 11.3 Å². The van der Waals surface area contributed by atoms with Gasteiger partial charge in [0.25, 0.3) is 5.91 Å². The second-order valence-corrected chi connectivity index (χ2v) is 7.70. The quantitative estimate of drug-likeness (QED) is 0.594. The summed E-state index contributed by atoms with van der Waals surface area (Å²) in [4.78, 5) is 18.8. The highest BCUT2D eigenvalue weighted by Crippen LogP contribution is 2.27. The molecule has 0 aliphatic carbocycles. The SMILES string of the molecule is CCc1sc(=NC(=O)c2cccc(Br)c2)n(C)c1-c1ccc(OC)cc1. The van der Waals surface area contributed by atoms with E-state index in [0.29, 0.717) is 10.4 Å². The lowest BCUT2D eigenvalue weighted by Crippen LogP contribution is -2.14. The first-order chi connectivity index (χ1) is 12.5. The topological polar surface area (TPSA) is 43.6 Å². The van der Waals surface area contributed by atoms with Crippen molar-refractivity contribution in [2.24, 2.45) is 12.0 Å². The first kappa shape index (κ1) is 18.6. The molecular weight excluding hydrogens is 412 g/mol. The monoisotopic (exact) mass is 430 g/mol. The number of carbonyl (C=O) groups is 1. The predicted octanol–water partition coefficient (Wildman–Crippen LogP) is 4.83. The fourth-order valence-electron chi connectivity index (χ4n) is 2.72. The highest BCUT2D eigenvalue weighted by Gasteiger charge is 2.13. The summed E-state index contributed by atoms with van der Waals surface area (Å²) in [7, 11) is 3.60. The lowest BCUT2D eigenvalue weighted by Gasteiger charge is -2.07. The molecule has 1 heterocycles. The Bertz CT molecular complexity index is 1000. The van der Waals surface area contributed by atoms with E-state index in [2.05, 4.69) is 27.8 Å². The molecule has 1 aromatic heterocycles. The molecule has 4 nitrogen and oxygen atoms in total. The molecule has 0 saturated heterocycles. The minimum atomic E-state index is -0.243. The number of benzene rings is 2. The van der Waals surface area contributed by atoms with Gasteiger partial charge in [0, 0.05) is 22.0 Å². The van der Waals surface area contributed by atoms with Crippen molar-refractivity contribution < 1.29 is 9.53 Å². The Morgan fingerprint density at radius 1 is 1.23 bits per heavy atom. The van der Waals surface area contributed by atoms with Gasteiger partial charge in [0.05, 0.1) is 12.8 Å². The number of halogens is 1. The van der Waals surface area contributed by atoms with Crippen LogP contribution in [0.5, 0.6) is 5.75 Å². The number of aromatic nitrogens is 1. The van der Waals surface area contributed by atoms with Crippen molar-refractivity contribution in [1.29, 1.82) is 0 Å². The van der Waals surface area contributed by atoms with Crippen molar-refractivity contribution in [2.45, 2.75) is 13.3 Å². The van der Waals surface area contributed by atoms with E-state index in [1.807, 2.05) is 48.0 Å². The van der Waals surface area contributed by atoms with Crippen molar-refractivity contribution in [1.82, 2.24) is 4.57 Å². The second-order valence-electron chi connectivity index (χ2n) is 5.72. The van der Waals surface area contributed by atoms with Gasteiger partial charge in [-0.2, -0.15) is 4.99 Å². The maximum Gasteiger partial charge on any atom is 0.279 e. The summed E-state index contributed by atoms with van der Waals surface area (Å²) < 4.78 is 8.09. The molecule has 0 fully saturated rings. The minimum absolute atomic E-state index is 0.243. The van der Waals surface area contributed by atoms with Crippen molar-refractivity contribution in [2.75, 3.05) is 7.11 Å². The number of hydrogen-bond acceptors (Lipinski definition) is 3. The van der Waals surface area contributed by atoms with Crippen LogP contribution in [0.15, 0.2) is 58.0 Å². The fourth-order valence-corrected chi connectivity index (χ4v) is 4.20. The summed E-state index contributed by atoms with van der Waals surface area (Å²) in [6.45, 7) is 2.11. The lowest BCUT2D eigenvalue weighted by atomic mass is 10.1. The zero-order chi connectivity index (χ0) is 18.7. The van der Waals surface area contributed by atoms with Crippen LogP contribution >= 0.6 is 27.3 Å². The number of rotatable bonds is 4. The van der Waals surface area contributed by atoms with Gasteiger partial charge in [-0.3, -0.25) is 4.79 Å². The third-order valence-electron chi connectivity index (χ3n) is 4.05. The van der Waals surface area contributed by atoms with Crippen LogP contribution in [0.1, 0.15) is 22.2 Å². The number of aryl methyl sites for hydroxylation is 1. The standard InChI is InChI=1S/C20H19BrN2O2S/c1-4-17-18(13-8-10-16(25-3)11-9-13)23(2)20(26-17)22-19(24)14-6-5-7-15(21)12-14/h5-12H,4H2,1-3H3. The average molecular weight is 431 g/mol. The molecule has 0 unspecified atom stereocenters. The van der Waals surface area contributed by atoms with Gasteiger partial charge in [-0.25, -0.2) is 0 Å². The number of amides is 1. The molecular formula is C20H19BrN2O2S. The molecule has 0 atom stereocenters. The zero-order valence-electron chi connectivity index (χ0n) is 14.8. The van der Waals surface area contributed by atoms with Gasteiger partial charge in [0.15, 0.2) is 4.80 Å². The number of thiazole rings is 1. The van der Waals surface area contributed by atoms with Crippen LogP contribution in [0, 0.1) is 0 Å². The summed E-state index contributed by atoms with van der Waals surface area (Å²) in [5, 5.41) is 0. The molecule has 2 aromatic carbocycles. The molecule has 0 radical (unpaired) electrons. The molecule has 0 aliphatic heterocycles. The summed E-state index contributed by atoms with van der Waals surface area (Å²) in [6.07, 6.45) is 0.875. The molecule has 0 saturated carbocycles. The van der Waals surface area contributed by atoms with Crippen molar-refractivity contribution in [3.8, 4) is 17.0 Å². The zero-order valence-corrected chi connectivity index (χ0v) is 17.2. The van der Waals surface area contributed by atoms with E-state index in [4.69, 9.17) is 4.74 Å². The van der Waals surface area contributed by atoms with Gasteiger partial charge in [-0.1, -0.05) is 28.9 Å². The van der Waals surface area contributed by atoms with Gasteiger partial charge in [0.2, 0.25) is 0 Å². The molecule has 3 aromatic rings. The summed E-state index contributed by atoms with van der Waals surface area (Å²) in [5.74, 6) is 0.575. The average Bonchev–Trinajstić information content (AvgIpc) is 2.97. The molecule has 1 amide bonds. The highest BCUT2D eigenvalue weighted by molar-refractivity contribution is 9.10. The molecule has 0 bridgehead atoms.